The van der Waals surface area contributed by atoms with Crippen molar-refractivity contribution in [2.45, 2.75) is 6.54 Å². The number of pyridine rings is 1. The first-order valence-electron chi connectivity index (χ1n) is 8.46. The first kappa shape index (κ1) is 17.4. The molecule has 0 bridgehead atoms. The van der Waals surface area contributed by atoms with Crippen molar-refractivity contribution >= 4 is 17.4 Å². The predicted octanol–water partition coefficient (Wildman–Crippen LogP) is 2.23. The van der Waals surface area contributed by atoms with Crippen LogP contribution in [-0.4, -0.2) is 56.2 Å². The van der Waals surface area contributed by atoms with E-state index < -0.39 is 0 Å². The minimum Gasteiger partial charge on any atom is -0.379 e. The molecule has 0 radical (unpaired) electrons. The summed E-state index contributed by atoms with van der Waals surface area (Å²) in [5.41, 5.74) is 2.50. The van der Waals surface area contributed by atoms with Gasteiger partial charge in [-0.05, 0) is 23.8 Å². The molecular weight excluding hydrogens is 316 g/mol. The summed E-state index contributed by atoms with van der Waals surface area (Å²) in [6, 6.07) is 11.6. The maximum absolute atomic E-state index is 12.5. The summed E-state index contributed by atoms with van der Waals surface area (Å²) < 4.78 is 5.39. The summed E-state index contributed by atoms with van der Waals surface area (Å²) in [4.78, 5) is 21.1. The Kier molecular flexibility index (Phi) is 5.63. The van der Waals surface area contributed by atoms with Crippen molar-refractivity contribution < 1.29 is 9.53 Å². The number of morpholine rings is 1. The minimum atomic E-state index is -0.146. The Morgan fingerprint density at radius 1 is 1.20 bits per heavy atom. The number of benzene rings is 1. The second kappa shape index (κ2) is 8.09. The van der Waals surface area contributed by atoms with Crippen molar-refractivity contribution in [3.63, 3.8) is 0 Å². The molecule has 3 rings (SSSR count). The first-order chi connectivity index (χ1) is 12.1. The van der Waals surface area contributed by atoms with Gasteiger partial charge in [-0.1, -0.05) is 18.2 Å². The molecule has 1 aromatic carbocycles. The molecule has 25 heavy (non-hydrogen) atoms. The smallest absolute Gasteiger partial charge is 0.257 e. The van der Waals surface area contributed by atoms with E-state index in [2.05, 4.69) is 21.3 Å². The van der Waals surface area contributed by atoms with Gasteiger partial charge in [-0.3, -0.25) is 9.69 Å². The van der Waals surface area contributed by atoms with Gasteiger partial charge in [0, 0.05) is 45.6 Å². The molecule has 1 aliphatic heterocycles. The molecule has 1 amide bonds. The highest BCUT2D eigenvalue weighted by molar-refractivity contribution is 6.04. The maximum Gasteiger partial charge on any atom is 0.257 e. The van der Waals surface area contributed by atoms with Crippen LogP contribution in [0.15, 0.2) is 42.6 Å². The van der Waals surface area contributed by atoms with Crippen LogP contribution in [0.1, 0.15) is 15.9 Å². The highest BCUT2D eigenvalue weighted by Crippen LogP contribution is 2.19. The third-order valence-electron chi connectivity index (χ3n) is 4.23. The molecule has 1 saturated heterocycles. The van der Waals surface area contributed by atoms with Crippen LogP contribution in [0.3, 0.4) is 0 Å². The Morgan fingerprint density at radius 3 is 2.64 bits per heavy atom. The number of nitrogens with one attached hydrogen (secondary N) is 1. The molecule has 0 spiro atoms. The normalized spacial score (nSPS) is 15.0. The van der Waals surface area contributed by atoms with Crippen LogP contribution in [0.2, 0.25) is 0 Å². The first-order valence-corrected chi connectivity index (χ1v) is 8.46. The Morgan fingerprint density at radius 2 is 1.96 bits per heavy atom. The van der Waals surface area contributed by atoms with Gasteiger partial charge in [-0.25, -0.2) is 4.98 Å². The van der Waals surface area contributed by atoms with Gasteiger partial charge in [0.1, 0.15) is 5.82 Å². The fourth-order valence-electron chi connectivity index (χ4n) is 2.76. The number of anilines is 2. The van der Waals surface area contributed by atoms with E-state index in [1.54, 1.807) is 12.3 Å². The lowest BCUT2D eigenvalue weighted by Crippen LogP contribution is -2.35. The Balaban J connectivity index is 1.70. The van der Waals surface area contributed by atoms with Gasteiger partial charge in [-0.15, -0.1) is 0 Å². The molecule has 2 aromatic rings. The average Bonchev–Trinajstić information content (AvgIpc) is 2.64. The summed E-state index contributed by atoms with van der Waals surface area (Å²) >= 11 is 0. The predicted molar refractivity (Wildman–Crippen MR) is 99.1 cm³/mol. The lowest BCUT2D eigenvalue weighted by molar-refractivity contribution is 0.0342. The summed E-state index contributed by atoms with van der Waals surface area (Å²) in [7, 11) is 3.84. The van der Waals surface area contributed by atoms with E-state index in [9.17, 15) is 4.79 Å². The summed E-state index contributed by atoms with van der Waals surface area (Å²) in [5.74, 6) is 0.677. The zero-order chi connectivity index (χ0) is 17.6. The highest BCUT2D eigenvalue weighted by atomic mass is 16.5. The zero-order valence-electron chi connectivity index (χ0n) is 14.7. The molecule has 1 N–H and O–H groups in total. The largest absolute Gasteiger partial charge is 0.379 e. The number of carbonyl (C=O) groups excluding carboxylic acids is 1. The van der Waals surface area contributed by atoms with E-state index in [1.165, 1.54) is 0 Å². The van der Waals surface area contributed by atoms with Crippen LogP contribution in [0.4, 0.5) is 11.5 Å². The lowest BCUT2D eigenvalue weighted by Gasteiger charge is -2.27. The van der Waals surface area contributed by atoms with Gasteiger partial charge in [-0.2, -0.15) is 0 Å². The van der Waals surface area contributed by atoms with Crippen molar-refractivity contribution in [2.75, 3.05) is 50.6 Å². The topological polar surface area (TPSA) is 57.7 Å². The van der Waals surface area contributed by atoms with E-state index >= 15 is 0 Å². The average molecular weight is 340 g/mol. The van der Waals surface area contributed by atoms with E-state index in [1.807, 2.05) is 43.3 Å². The van der Waals surface area contributed by atoms with Crippen LogP contribution in [0, 0.1) is 0 Å². The summed E-state index contributed by atoms with van der Waals surface area (Å²) in [6.07, 6.45) is 1.61. The van der Waals surface area contributed by atoms with Crippen LogP contribution in [0.5, 0.6) is 0 Å². The van der Waals surface area contributed by atoms with Crippen molar-refractivity contribution in [3.8, 4) is 0 Å². The maximum atomic E-state index is 12.5. The molecule has 1 aliphatic rings. The fraction of sp³-hybridized carbons (Fsp3) is 0.368. The minimum absolute atomic E-state index is 0.146. The van der Waals surface area contributed by atoms with Crippen LogP contribution in [-0.2, 0) is 11.3 Å². The zero-order valence-corrected chi connectivity index (χ0v) is 14.7. The number of hydrogen-bond acceptors (Lipinski definition) is 5. The number of aromatic nitrogens is 1. The van der Waals surface area contributed by atoms with Gasteiger partial charge in [0.2, 0.25) is 0 Å². The second-order valence-electron chi connectivity index (χ2n) is 6.30. The molecule has 132 valence electrons. The molecule has 6 heteroatoms. The summed E-state index contributed by atoms with van der Waals surface area (Å²) in [6.45, 7) is 4.16. The standard InChI is InChI=1S/C19H24N4O2/c1-22(2)18-8-7-15(13-20-18)19(24)21-17-6-4-3-5-16(17)14-23-9-11-25-12-10-23/h3-8,13H,9-12,14H2,1-2H3,(H,21,24). The Labute approximate surface area is 148 Å². The number of para-hydroxylation sites is 1. The van der Waals surface area contributed by atoms with Gasteiger partial charge < -0.3 is 15.0 Å². The van der Waals surface area contributed by atoms with Crippen molar-refractivity contribution in [1.29, 1.82) is 0 Å². The number of hydrogen-bond donors (Lipinski definition) is 1. The van der Waals surface area contributed by atoms with Gasteiger partial charge in [0.15, 0.2) is 0 Å². The molecule has 0 aliphatic carbocycles. The Bertz CT molecular complexity index is 710. The highest BCUT2D eigenvalue weighted by Gasteiger charge is 2.14. The van der Waals surface area contributed by atoms with E-state index in [4.69, 9.17) is 4.74 Å². The molecule has 1 aromatic heterocycles. The van der Waals surface area contributed by atoms with E-state index in [0.29, 0.717) is 5.56 Å². The third kappa shape index (κ3) is 4.55. The van der Waals surface area contributed by atoms with Crippen LogP contribution >= 0.6 is 0 Å². The number of carbonyl (C=O) groups is 1. The molecule has 6 nitrogen and oxygen atoms in total. The molecular formula is C19H24N4O2. The van der Waals surface area contributed by atoms with Gasteiger partial charge in [0.25, 0.3) is 5.91 Å². The molecule has 2 heterocycles. The number of ether oxygens (including phenoxy) is 1. The van der Waals surface area contributed by atoms with Crippen LogP contribution < -0.4 is 10.2 Å². The van der Waals surface area contributed by atoms with Crippen molar-refractivity contribution in [3.05, 3.63) is 53.7 Å². The number of rotatable bonds is 5. The van der Waals surface area contributed by atoms with Gasteiger partial charge in [0.05, 0.1) is 18.8 Å². The molecule has 0 saturated carbocycles. The number of nitrogens with zero attached hydrogens (tertiary/aromatic N) is 3. The molecule has 0 unspecified atom stereocenters. The lowest BCUT2D eigenvalue weighted by atomic mass is 10.1. The van der Waals surface area contributed by atoms with E-state index in [0.717, 1.165) is 49.9 Å². The quantitative estimate of drug-likeness (QED) is 0.904. The van der Waals surface area contributed by atoms with E-state index in [-0.39, 0.29) is 5.91 Å². The summed E-state index contributed by atoms with van der Waals surface area (Å²) in [5, 5.41) is 3.01. The van der Waals surface area contributed by atoms with Crippen molar-refractivity contribution in [1.82, 2.24) is 9.88 Å². The van der Waals surface area contributed by atoms with Gasteiger partial charge >= 0.3 is 0 Å². The molecule has 0 atom stereocenters. The monoisotopic (exact) mass is 340 g/mol. The third-order valence-corrected chi connectivity index (χ3v) is 4.23. The number of amides is 1. The fourth-order valence-corrected chi connectivity index (χ4v) is 2.76. The van der Waals surface area contributed by atoms with Crippen molar-refractivity contribution in [2.24, 2.45) is 0 Å². The second-order valence-corrected chi connectivity index (χ2v) is 6.30. The SMILES string of the molecule is CN(C)c1ccc(C(=O)Nc2ccccc2CN2CCOCC2)cn1. The molecule has 1 fully saturated rings. The Hall–Kier alpha value is -2.44. The van der Waals surface area contributed by atoms with Crippen LogP contribution in [0.25, 0.3) is 0 Å².